The zero-order valence-corrected chi connectivity index (χ0v) is 17.1. The topological polar surface area (TPSA) is 111 Å². The molecule has 1 aromatic carbocycles. The van der Waals surface area contributed by atoms with Crippen molar-refractivity contribution in [1.29, 1.82) is 0 Å². The number of benzene rings is 1. The van der Waals surface area contributed by atoms with Crippen LogP contribution in [0.2, 0.25) is 0 Å². The van der Waals surface area contributed by atoms with Crippen molar-refractivity contribution in [3.63, 3.8) is 0 Å². The van der Waals surface area contributed by atoms with Gasteiger partial charge in [0.05, 0.1) is 0 Å². The third-order valence-corrected chi connectivity index (χ3v) is 4.23. The Morgan fingerprint density at radius 2 is 1.79 bits per heavy atom. The first-order chi connectivity index (χ1) is 13.3. The Labute approximate surface area is 167 Å². The number of unbranched alkanes of at least 4 members (excludes halogenated alkanes) is 1. The molecule has 7 heteroatoms. The fourth-order valence-corrected chi connectivity index (χ4v) is 2.83. The molecule has 0 aliphatic carbocycles. The molecular weight excluding hydrogens is 358 g/mol. The molecule has 2 atom stereocenters. The summed E-state index contributed by atoms with van der Waals surface area (Å²) in [5, 5.41) is 5.50. The van der Waals surface area contributed by atoms with Gasteiger partial charge in [-0.25, -0.2) is 4.79 Å². The molecule has 0 heterocycles. The van der Waals surface area contributed by atoms with Crippen molar-refractivity contribution in [3.05, 3.63) is 35.9 Å². The van der Waals surface area contributed by atoms with Crippen molar-refractivity contribution >= 4 is 17.9 Å². The zero-order chi connectivity index (χ0) is 20.9. The van der Waals surface area contributed by atoms with Gasteiger partial charge in [0.25, 0.3) is 0 Å². The summed E-state index contributed by atoms with van der Waals surface area (Å²) in [6, 6.07) is 8.25. The summed E-state index contributed by atoms with van der Waals surface area (Å²) in [5.74, 6) is -0.597. The predicted octanol–water partition coefficient (Wildman–Crippen LogP) is 2.88. The molecule has 156 valence electrons. The first-order valence-electron chi connectivity index (χ1n) is 9.87. The van der Waals surface area contributed by atoms with E-state index in [1.54, 1.807) is 0 Å². The molecule has 1 aromatic rings. The van der Waals surface area contributed by atoms with Crippen LogP contribution in [0.4, 0.5) is 4.79 Å². The molecule has 0 saturated heterocycles. The van der Waals surface area contributed by atoms with Gasteiger partial charge in [-0.1, -0.05) is 63.9 Å². The fraction of sp³-hybridized carbons (Fsp3) is 0.571. The Morgan fingerprint density at radius 3 is 2.36 bits per heavy atom. The number of rotatable bonds is 12. The Hall–Kier alpha value is -2.57. The number of ether oxygens (including phenoxy) is 1. The summed E-state index contributed by atoms with van der Waals surface area (Å²) >= 11 is 0. The summed E-state index contributed by atoms with van der Waals surface area (Å²) in [7, 11) is 0. The van der Waals surface area contributed by atoms with Crippen molar-refractivity contribution < 1.29 is 19.1 Å². The number of hydrogen-bond acceptors (Lipinski definition) is 4. The van der Waals surface area contributed by atoms with Crippen LogP contribution in [0.25, 0.3) is 0 Å². The molecule has 1 rings (SSSR count). The minimum absolute atomic E-state index is 0.0819. The normalized spacial score (nSPS) is 12.9. The maximum absolute atomic E-state index is 12.7. The Balaban J connectivity index is 2.66. The van der Waals surface area contributed by atoms with Crippen LogP contribution in [0.15, 0.2) is 30.3 Å². The first kappa shape index (κ1) is 23.5. The lowest BCUT2D eigenvalue weighted by Gasteiger charge is -2.24. The molecule has 0 aliphatic rings. The van der Waals surface area contributed by atoms with E-state index in [2.05, 4.69) is 10.6 Å². The molecule has 0 aromatic heterocycles. The molecular formula is C21H33N3O4. The summed E-state index contributed by atoms with van der Waals surface area (Å²) in [5.41, 5.74) is 6.16. The average Bonchev–Trinajstić information content (AvgIpc) is 2.64. The molecule has 3 amide bonds. The molecule has 0 aliphatic heterocycles. The molecule has 0 spiro atoms. The molecule has 0 radical (unpaired) electrons. The van der Waals surface area contributed by atoms with Crippen LogP contribution in [0.3, 0.4) is 0 Å². The maximum atomic E-state index is 12.7. The van der Waals surface area contributed by atoms with Gasteiger partial charge in [-0.2, -0.15) is 0 Å². The van der Waals surface area contributed by atoms with Crippen LogP contribution in [0.5, 0.6) is 0 Å². The number of amides is 3. The predicted molar refractivity (Wildman–Crippen MR) is 108 cm³/mol. The van der Waals surface area contributed by atoms with Crippen LogP contribution >= 0.6 is 0 Å². The highest BCUT2D eigenvalue weighted by molar-refractivity contribution is 5.86. The molecule has 4 N–H and O–H groups in total. The van der Waals surface area contributed by atoms with E-state index in [-0.39, 0.29) is 30.9 Å². The van der Waals surface area contributed by atoms with Gasteiger partial charge in [0.15, 0.2) is 0 Å². The van der Waals surface area contributed by atoms with Crippen molar-refractivity contribution in [2.24, 2.45) is 11.7 Å². The molecule has 0 saturated carbocycles. The SMILES string of the molecule is CCCC[C@@H](CC(N)=O)NC(=O)[C@H](CC(C)C)NC(=O)OCc1ccccc1. The molecule has 0 bridgehead atoms. The van der Waals surface area contributed by atoms with Gasteiger partial charge in [-0.15, -0.1) is 0 Å². The second kappa shape index (κ2) is 12.8. The smallest absolute Gasteiger partial charge is 0.408 e. The van der Waals surface area contributed by atoms with E-state index in [1.165, 1.54) is 0 Å². The molecule has 0 fully saturated rings. The van der Waals surface area contributed by atoms with E-state index in [9.17, 15) is 14.4 Å². The van der Waals surface area contributed by atoms with Gasteiger partial charge in [-0.05, 0) is 24.3 Å². The Morgan fingerprint density at radius 1 is 1.11 bits per heavy atom. The van der Waals surface area contributed by atoms with Crippen LogP contribution in [-0.2, 0) is 20.9 Å². The average molecular weight is 392 g/mol. The van der Waals surface area contributed by atoms with Gasteiger partial charge in [-0.3, -0.25) is 9.59 Å². The number of carbonyl (C=O) groups is 3. The fourth-order valence-electron chi connectivity index (χ4n) is 2.83. The van der Waals surface area contributed by atoms with E-state index in [0.717, 1.165) is 18.4 Å². The Bertz CT molecular complexity index is 619. The maximum Gasteiger partial charge on any atom is 0.408 e. The third-order valence-electron chi connectivity index (χ3n) is 4.23. The van der Waals surface area contributed by atoms with Crippen LogP contribution in [0, 0.1) is 5.92 Å². The van der Waals surface area contributed by atoms with Gasteiger partial charge >= 0.3 is 6.09 Å². The van der Waals surface area contributed by atoms with E-state index >= 15 is 0 Å². The quantitative estimate of drug-likeness (QED) is 0.509. The lowest BCUT2D eigenvalue weighted by molar-refractivity contribution is -0.124. The van der Waals surface area contributed by atoms with Crippen LogP contribution in [0.1, 0.15) is 58.4 Å². The standard InChI is InChI=1S/C21H33N3O4/c1-4-5-11-17(13-19(22)25)23-20(26)18(12-15(2)3)24-21(27)28-14-16-9-7-6-8-10-16/h6-10,15,17-18H,4-5,11-14H2,1-3H3,(H2,22,25)(H,23,26)(H,24,27)/t17-,18-/m0/s1. The summed E-state index contributed by atoms with van der Waals surface area (Å²) < 4.78 is 5.22. The third kappa shape index (κ3) is 9.94. The number of carbonyl (C=O) groups excluding carboxylic acids is 3. The highest BCUT2D eigenvalue weighted by Gasteiger charge is 2.25. The van der Waals surface area contributed by atoms with E-state index in [0.29, 0.717) is 12.8 Å². The molecule has 28 heavy (non-hydrogen) atoms. The molecule has 7 nitrogen and oxygen atoms in total. The van der Waals surface area contributed by atoms with Crippen molar-refractivity contribution in [3.8, 4) is 0 Å². The minimum atomic E-state index is -0.736. The van der Waals surface area contributed by atoms with Gasteiger partial charge in [0.1, 0.15) is 12.6 Å². The van der Waals surface area contributed by atoms with Gasteiger partial charge in [0.2, 0.25) is 11.8 Å². The lowest BCUT2D eigenvalue weighted by atomic mass is 10.0. The van der Waals surface area contributed by atoms with Gasteiger partial charge in [0, 0.05) is 12.5 Å². The highest BCUT2D eigenvalue weighted by Crippen LogP contribution is 2.09. The van der Waals surface area contributed by atoms with Crippen LogP contribution in [-0.4, -0.2) is 30.0 Å². The van der Waals surface area contributed by atoms with Crippen molar-refractivity contribution in [1.82, 2.24) is 10.6 Å². The summed E-state index contributed by atoms with van der Waals surface area (Å²) in [4.78, 5) is 36.2. The number of nitrogens with two attached hydrogens (primary N) is 1. The molecule has 0 unspecified atom stereocenters. The second-order valence-electron chi connectivity index (χ2n) is 7.41. The Kier molecular flexibility index (Phi) is 10.7. The van der Waals surface area contributed by atoms with Crippen molar-refractivity contribution in [2.45, 2.75) is 71.6 Å². The summed E-state index contributed by atoms with van der Waals surface area (Å²) in [6.45, 7) is 6.10. The van der Waals surface area contributed by atoms with Gasteiger partial charge < -0.3 is 21.1 Å². The highest BCUT2D eigenvalue weighted by atomic mass is 16.5. The largest absolute Gasteiger partial charge is 0.445 e. The second-order valence-corrected chi connectivity index (χ2v) is 7.41. The monoisotopic (exact) mass is 391 g/mol. The van der Waals surface area contributed by atoms with E-state index in [4.69, 9.17) is 10.5 Å². The van der Waals surface area contributed by atoms with Crippen LogP contribution < -0.4 is 16.4 Å². The number of primary amides is 1. The van der Waals surface area contributed by atoms with Crippen molar-refractivity contribution in [2.75, 3.05) is 0 Å². The zero-order valence-electron chi connectivity index (χ0n) is 17.1. The summed E-state index contributed by atoms with van der Waals surface area (Å²) in [6.07, 6.45) is 2.38. The lowest BCUT2D eigenvalue weighted by Crippen LogP contribution is -2.50. The van der Waals surface area contributed by atoms with E-state index < -0.39 is 18.0 Å². The number of hydrogen-bond donors (Lipinski definition) is 3. The first-order valence-corrected chi connectivity index (χ1v) is 9.87. The minimum Gasteiger partial charge on any atom is -0.445 e. The number of nitrogens with one attached hydrogen (secondary N) is 2. The number of alkyl carbamates (subject to hydrolysis) is 1. The van der Waals surface area contributed by atoms with E-state index in [1.807, 2.05) is 51.1 Å².